The predicted octanol–water partition coefficient (Wildman–Crippen LogP) is 3.77. The molecule has 24 heavy (non-hydrogen) atoms. The summed E-state index contributed by atoms with van der Waals surface area (Å²) in [5.74, 6) is 0. The Balaban J connectivity index is 2.12. The van der Waals surface area contributed by atoms with Gasteiger partial charge >= 0.3 is 6.09 Å². The van der Waals surface area contributed by atoms with Crippen molar-refractivity contribution in [3.05, 3.63) is 41.5 Å². The first-order valence-electron chi connectivity index (χ1n) is 8.11. The molecule has 1 aromatic carbocycles. The zero-order valence-electron chi connectivity index (χ0n) is 14.6. The molecule has 1 aliphatic carbocycles. The fourth-order valence-electron chi connectivity index (χ4n) is 2.70. The smallest absolute Gasteiger partial charge is 0.407 e. The molecule has 0 bridgehead atoms. The van der Waals surface area contributed by atoms with E-state index in [1.165, 1.54) is 5.56 Å². The van der Waals surface area contributed by atoms with Gasteiger partial charge in [-0.2, -0.15) is 0 Å². The van der Waals surface area contributed by atoms with Crippen molar-refractivity contribution in [2.75, 3.05) is 0 Å². The van der Waals surface area contributed by atoms with E-state index < -0.39 is 11.7 Å². The Bertz CT molecular complexity index is 665. The molecular weight excluding hydrogens is 304 g/mol. The minimum atomic E-state index is -0.564. The van der Waals surface area contributed by atoms with Crippen molar-refractivity contribution in [3.8, 4) is 0 Å². The van der Waals surface area contributed by atoms with Crippen LogP contribution >= 0.6 is 0 Å². The highest BCUT2D eigenvalue weighted by atomic mass is 16.6. The molecule has 1 aliphatic rings. The lowest BCUT2D eigenvalue weighted by Crippen LogP contribution is -2.45. The summed E-state index contributed by atoms with van der Waals surface area (Å²) in [4.78, 5) is 26.6. The lowest BCUT2D eigenvalue weighted by molar-refractivity contribution is 0.0496. The monoisotopic (exact) mass is 328 g/mol. The molecule has 0 aromatic heterocycles. The number of hydrogen-bond donors (Lipinski definition) is 1. The number of carbonyl (C=O) groups is 1. The number of alkyl carbamates (subject to hydrolysis) is 1. The molecule has 2 atom stereocenters. The molecule has 1 amide bonds. The highest BCUT2D eigenvalue weighted by molar-refractivity contribution is 5.70. The van der Waals surface area contributed by atoms with Crippen LogP contribution in [-0.2, 0) is 9.53 Å². The Hall–Kier alpha value is -2.39. The summed E-state index contributed by atoms with van der Waals surface area (Å²) >= 11 is 0. The lowest BCUT2D eigenvalue weighted by Gasteiger charge is -2.30. The first-order chi connectivity index (χ1) is 11.3. The number of carbonyl (C=O) groups excluding carboxylic acids is 2. The molecule has 1 unspecified atom stereocenters. The number of aliphatic imine (C=N–C) groups is 1. The Labute approximate surface area is 142 Å². The number of amides is 1. The SMILES string of the molecule is Cc1ccc(C2=CCC(NC(=O)OC(C)(C)C)[C@@H](N=C=O)C2)cc1. The second-order valence-electron chi connectivity index (χ2n) is 7.08. The van der Waals surface area contributed by atoms with E-state index in [0.29, 0.717) is 12.8 Å². The fourth-order valence-corrected chi connectivity index (χ4v) is 2.70. The lowest BCUT2D eigenvalue weighted by atomic mass is 9.87. The summed E-state index contributed by atoms with van der Waals surface area (Å²) in [5.41, 5.74) is 2.87. The highest BCUT2D eigenvalue weighted by Gasteiger charge is 2.29. The van der Waals surface area contributed by atoms with Gasteiger partial charge in [0.25, 0.3) is 0 Å². The van der Waals surface area contributed by atoms with Crippen LogP contribution in [0.2, 0.25) is 0 Å². The first kappa shape index (κ1) is 18.0. The molecule has 0 fully saturated rings. The van der Waals surface area contributed by atoms with Gasteiger partial charge in [0.1, 0.15) is 5.60 Å². The van der Waals surface area contributed by atoms with Crippen LogP contribution in [0, 0.1) is 6.92 Å². The number of hydrogen-bond acceptors (Lipinski definition) is 4. The normalized spacial score (nSPS) is 20.6. The van der Waals surface area contributed by atoms with Crippen molar-refractivity contribution in [1.82, 2.24) is 5.32 Å². The first-order valence-corrected chi connectivity index (χ1v) is 8.11. The van der Waals surface area contributed by atoms with Crippen molar-refractivity contribution in [1.29, 1.82) is 0 Å². The van der Waals surface area contributed by atoms with Gasteiger partial charge in [-0.15, -0.1) is 0 Å². The Morgan fingerprint density at radius 3 is 2.54 bits per heavy atom. The van der Waals surface area contributed by atoms with Crippen molar-refractivity contribution in [2.45, 2.75) is 58.2 Å². The number of benzene rings is 1. The molecule has 0 saturated carbocycles. The third kappa shape index (κ3) is 5.07. The van der Waals surface area contributed by atoms with Crippen molar-refractivity contribution in [3.63, 3.8) is 0 Å². The van der Waals surface area contributed by atoms with Crippen LogP contribution in [0.3, 0.4) is 0 Å². The number of aryl methyl sites for hydroxylation is 1. The minimum absolute atomic E-state index is 0.268. The minimum Gasteiger partial charge on any atom is -0.444 e. The summed E-state index contributed by atoms with van der Waals surface area (Å²) in [6.45, 7) is 7.47. The van der Waals surface area contributed by atoms with Crippen LogP contribution in [0.4, 0.5) is 4.79 Å². The van der Waals surface area contributed by atoms with Crippen LogP contribution in [0.15, 0.2) is 35.3 Å². The van der Waals surface area contributed by atoms with Gasteiger partial charge in [-0.3, -0.25) is 0 Å². The zero-order valence-corrected chi connectivity index (χ0v) is 14.6. The van der Waals surface area contributed by atoms with Gasteiger partial charge in [-0.25, -0.2) is 14.6 Å². The largest absolute Gasteiger partial charge is 0.444 e. The van der Waals surface area contributed by atoms with Crippen LogP contribution in [-0.4, -0.2) is 29.9 Å². The van der Waals surface area contributed by atoms with Gasteiger partial charge in [0.15, 0.2) is 0 Å². The average Bonchev–Trinajstić information content (AvgIpc) is 2.48. The van der Waals surface area contributed by atoms with Gasteiger partial charge in [0.05, 0.1) is 12.1 Å². The maximum Gasteiger partial charge on any atom is 0.407 e. The van der Waals surface area contributed by atoms with E-state index >= 15 is 0 Å². The molecule has 128 valence electrons. The Kier molecular flexibility index (Phi) is 5.58. The molecular formula is C19H24N2O3. The molecule has 1 aromatic rings. The molecule has 0 heterocycles. The summed E-state index contributed by atoms with van der Waals surface area (Å²) in [7, 11) is 0. The molecule has 0 radical (unpaired) electrons. The van der Waals surface area contributed by atoms with Crippen LogP contribution in [0.1, 0.15) is 44.7 Å². The fraction of sp³-hybridized carbons (Fsp3) is 0.474. The van der Waals surface area contributed by atoms with Gasteiger partial charge < -0.3 is 10.1 Å². The topological polar surface area (TPSA) is 67.8 Å². The van der Waals surface area contributed by atoms with Gasteiger partial charge in [0.2, 0.25) is 6.08 Å². The third-order valence-corrected chi connectivity index (χ3v) is 3.85. The van der Waals surface area contributed by atoms with Gasteiger partial charge in [-0.05, 0) is 51.7 Å². The van der Waals surface area contributed by atoms with E-state index in [9.17, 15) is 9.59 Å². The molecule has 1 N–H and O–H groups in total. The van der Waals surface area contributed by atoms with Crippen molar-refractivity contribution >= 4 is 17.7 Å². The van der Waals surface area contributed by atoms with E-state index in [1.807, 2.05) is 27.7 Å². The van der Waals surface area contributed by atoms with Crippen LogP contribution in [0.5, 0.6) is 0 Å². The third-order valence-electron chi connectivity index (χ3n) is 3.85. The molecule has 0 saturated heterocycles. The second kappa shape index (κ2) is 7.45. The summed E-state index contributed by atoms with van der Waals surface area (Å²) in [6.07, 6.45) is 4.40. The molecule has 5 heteroatoms. The van der Waals surface area contributed by atoms with E-state index in [1.54, 1.807) is 6.08 Å². The summed E-state index contributed by atoms with van der Waals surface area (Å²) < 4.78 is 5.28. The van der Waals surface area contributed by atoms with Crippen molar-refractivity contribution < 1.29 is 14.3 Å². The number of ether oxygens (including phenoxy) is 1. The standard InChI is InChI=1S/C19H24N2O3/c1-13-5-7-14(8-6-13)15-9-10-16(17(11-15)20-12-22)21-18(23)24-19(2,3)4/h5-9,16-17H,10-11H2,1-4H3,(H,21,23)/t16?,17-/m0/s1. The number of isocyanates is 1. The van der Waals surface area contributed by atoms with Gasteiger partial charge in [-0.1, -0.05) is 35.9 Å². The predicted molar refractivity (Wildman–Crippen MR) is 93.5 cm³/mol. The van der Waals surface area contributed by atoms with Gasteiger partial charge in [0, 0.05) is 0 Å². The van der Waals surface area contributed by atoms with Crippen LogP contribution in [0.25, 0.3) is 5.57 Å². The molecule has 0 aliphatic heterocycles. The molecule has 0 spiro atoms. The Morgan fingerprint density at radius 1 is 1.29 bits per heavy atom. The number of rotatable bonds is 3. The summed E-state index contributed by atoms with van der Waals surface area (Å²) in [6, 6.07) is 7.62. The number of nitrogens with one attached hydrogen (secondary N) is 1. The zero-order chi connectivity index (χ0) is 17.7. The quantitative estimate of drug-likeness (QED) is 0.678. The number of nitrogens with zero attached hydrogens (tertiary/aromatic N) is 1. The highest BCUT2D eigenvalue weighted by Crippen LogP contribution is 2.29. The Morgan fingerprint density at radius 2 is 1.96 bits per heavy atom. The maximum absolute atomic E-state index is 12.0. The van der Waals surface area contributed by atoms with E-state index in [4.69, 9.17) is 4.74 Å². The molecule has 5 nitrogen and oxygen atoms in total. The van der Waals surface area contributed by atoms with E-state index in [-0.39, 0.29) is 12.1 Å². The van der Waals surface area contributed by atoms with Crippen LogP contribution < -0.4 is 5.32 Å². The maximum atomic E-state index is 12.0. The van der Waals surface area contributed by atoms with Crippen molar-refractivity contribution in [2.24, 2.45) is 4.99 Å². The average molecular weight is 328 g/mol. The second-order valence-corrected chi connectivity index (χ2v) is 7.08. The molecule has 2 rings (SSSR count). The summed E-state index contributed by atoms with van der Waals surface area (Å²) in [5, 5.41) is 2.81. The van der Waals surface area contributed by atoms with E-state index in [0.717, 1.165) is 11.1 Å². The van der Waals surface area contributed by atoms with E-state index in [2.05, 4.69) is 40.7 Å².